The zero-order valence-electron chi connectivity index (χ0n) is 13.0. The SMILES string of the molecule is Cc1ccc(NC(=O)C[C@@H](NCCN(C)C)C(=O)O)cc1Cl. The Kier molecular flexibility index (Phi) is 7.31. The molecule has 6 nitrogen and oxygen atoms in total. The van der Waals surface area contributed by atoms with Gasteiger partial charge in [-0.05, 0) is 38.7 Å². The maximum atomic E-state index is 12.0. The van der Waals surface area contributed by atoms with Crippen molar-refractivity contribution in [2.24, 2.45) is 0 Å². The van der Waals surface area contributed by atoms with Gasteiger partial charge in [0.05, 0.1) is 6.42 Å². The second kappa shape index (κ2) is 8.73. The molecular formula is C15H22ClN3O3. The highest BCUT2D eigenvalue weighted by Crippen LogP contribution is 2.20. The molecule has 122 valence electrons. The lowest BCUT2D eigenvalue weighted by molar-refractivity contribution is -0.141. The van der Waals surface area contributed by atoms with Gasteiger partial charge in [-0.3, -0.25) is 9.59 Å². The average molecular weight is 328 g/mol. The highest BCUT2D eigenvalue weighted by molar-refractivity contribution is 6.31. The molecule has 0 saturated heterocycles. The second-order valence-corrected chi connectivity index (χ2v) is 5.77. The lowest BCUT2D eigenvalue weighted by Gasteiger charge is -2.16. The Morgan fingerprint density at radius 2 is 2.05 bits per heavy atom. The van der Waals surface area contributed by atoms with E-state index in [-0.39, 0.29) is 12.3 Å². The Morgan fingerprint density at radius 1 is 1.36 bits per heavy atom. The molecule has 0 unspecified atom stereocenters. The first-order valence-electron chi connectivity index (χ1n) is 6.96. The number of likely N-dealkylation sites (N-methyl/N-ethyl adjacent to an activating group) is 1. The molecule has 7 heteroatoms. The smallest absolute Gasteiger partial charge is 0.321 e. The van der Waals surface area contributed by atoms with Crippen LogP contribution in [-0.2, 0) is 9.59 Å². The standard InChI is InChI=1S/C15H22ClN3O3/c1-10-4-5-11(8-12(10)16)18-14(20)9-13(15(21)22)17-6-7-19(2)3/h4-5,8,13,17H,6-7,9H2,1-3H3,(H,18,20)(H,21,22)/t13-/m1/s1. The first-order valence-corrected chi connectivity index (χ1v) is 7.34. The van der Waals surface area contributed by atoms with Crippen molar-refractivity contribution in [3.63, 3.8) is 0 Å². The topological polar surface area (TPSA) is 81.7 Å². The van der Waals surface area contributed by atoms with Gasteiger partial charge in [0.2, 0.25) is 5.91 Å². The lowest BCUT2D eigenvalue weighted by Crippen LogP contribution is -2.42. The van der Waals surface area contributed by atoms with E-state index in [4.69, 9.17) is 16.7 Å². The van der Waals surface area contributed by atoms with E-state index in [0.717, 1.165) is 5.56 Å². The molecule has 0 aliphatic rings. The number of carboxylic acid groups (broad SMARTS) is 1. The van der Waals surface area contributed by atoms with Gasteiger partial charge < -0.3 is 20.6 Å². The van der Waals surface area contributed by atoms with Crippen LogP contribution in [0.2, 0.25) is 5.02 Å². The zero-order valence-corrected chi connectivity index (χ0v) is 13.8. The van der Waals surface area contributed by atoms with Crippen LogP contribution in [0.5, 0.6) is 0 Å². The summed E-state index contributed by atoms with van der Waals surface area (Å²) in [7, 11) is 3.79. The van der Waals surface area contributed by atoms with Gasteiger partial charge in [-0.1, -0.05) is 17.7 Å². The lowest BCUT2D eigenvalue weighted by atomic mass is 10.2. The molecule has 0 fully saturated rings. The molecule has 0 radical (unpaired) electrons. The predicted molar refractivity (Wildman–Crippen MR) is 87.4 cm³/mol. The quantitative estimate of drug-likeness (QED) is 0.675. The van der Waals surface area contributed by atoms with Crippen molar-refractivity contribution in [1.29, 1.82) is 0 Å². The van der Waals surface area contributed by atoms with Crippen LogP contribution in [0.1, 0.15) is 12.0 Å². The first kappa shape index (κ1) is 18.4. The van der Waals surface area contributed by atoms with Gasteiger partial charge in [0.1, 0.15) is 6.04 Å². The monoisotopic (exact) mass is 327 g/mol. The van der Waals surface area contributed by atoms with E-state index in [1.165, 1.54) is 0 Å². The molecule has 1 rings (SSSR count). The molecule has 0 spiro atoms. The molecule has 0 aromatic heterocycles. The van der Waals surface area contributed by atoms with Gasteiger partial charge in [0.15, 0.2) is 0 Å². The summed E-state index contributed by atoms with van der Waals surface area (Å²) in [5, 5.41) is 15.2. The van der Waals surface area contributed by atoms with Crippen molar-refractivity contribution in [2.45, 2.75) is 19.4 Å². The number of nitrogens with one attached hydrogen (secondary N) is 2. The maximum Gasteiger partial charge on any atom is 0.321 e. The number of aliphatic carboxylic acids is 1. The van der Waals surface area contributed by atoms with Crippen molar-refractivity contribution < 1.29 is 14.7 Å². The predicted octanol–water partition coefficient (Wildman–Crippen LogP) is 1.58. The Hall–Kier alpha value is -1.63. The molecular weight excluding hydrogens is 306 g/mol. The van der Waals surface area contributed by atoms with Crippen LogP contribution >= 0.6 is 11.6 Å². The molecule has 22 heavy (non-hydrogen) atoms. The summed E-state index contributed by atoms with van der Waals surface area (Å²) >= 11 is 5.99. The molecule has 1 aromatic carbocycles. The van der Waals surface area contributed by atoms with E-state index in [0.29, 0.717) is 23.8 Å². The van der Waals surface area contributed by atoms with Crippen LogP contribution in [0.25, 0.3) is 0 Å². The number of halogens is 1. The fourth-order valence-electron chi connectivity index (χ4n) is 1.78. The van der Waals surface area contributed by atoms with Crippen molar-refractivity contribution in [3.05, 3.63) is 28.8 Å². The van der Waals surface area contributed by atoms with E-state index < -0.39 is 12.0 Å². The van der Waals surface area contributed by atoms with Crippen molar-refractivity contribution in [3.8, 4) is 0 Å². The van der Waals surface area contributed by atoms with Gasteiger partial charge in [-0.15, -0.1) is 0 Å². The van der Waals surface area contributed by atoms with Crippen LogP contribution in [-0.4, -0.2) is 55.1 Å². The van der Waals surface area contributed by atoms with Crippen molar-refractivity contribution >= 4 is 29.2 Å². The van der Waals surface area contributed by atoms with Gasteiger partial charge in [-0.2, -0.15) is 0 Å². The normalized spacial score (nSPS) is 12.2. The van der Waals surface area contributed by atoms with Gasteiger partial charge in [0.25, 0.3) is 0 Å². The van der Waals surface area contributed by atoms with Crippen LogP contribution in [0.3, 0.4) is 0 Å². The van der Waals surface area contributed by atoms with E-state index >= 15 is 0 Å². The highest BCUT2D eigenvalue weighted by atomic mass is 35.5. The summed E-state index contributed by atoms with van der Waals surface area (Å²) in [6, 6.07) is 4.25. The first-order chi connectivity index (χ1) is 10.3. The number of carbonyl (C=O) groups is 2. The van der Waals surface area contributed by atoms with E-state index in [1.54, 1.807) is 18.2 Å². The minimum absolute atomic E-state index is 0.145. The summed E-state index contributed by atoms with van der Waals surface area (Å²) in [5.41, 5.74) is 1.46. The molecule has 0 bridgehead atoms. The molecule has 3 N–H and O–H groups in total. The van der Waals surface area contributed by atoms with Crippen molar-refractivity contribution in [2.75, 3.05) is 32.5 Å². The number of benzene rings is 1. The molecule has 0 saturated carbocycles. The third-order valence-corrected chi connectivity index (χ3v) is 3.50. The van der Waals surface area contributed by atoms with Gasteiger partial charge in [-0.25, -0.2) is 0 Å². The maximum absolute atomic E-state index is 12.0. The number of hydrogen-bond acceptors (Lipinski definition) is 4. The van der Waals surface area contributed by atoms with Gasteiger partial charge >= 0.3 is 5.97 Å². The third kappa shape index (κ3) is 6.43. The van der Waals surface area contributed by atoms with Crippen LogP contribution in [0.4, 0.5) is 5.69 Å². The largest absolute Gasteiger partial charge is 0.480 e. The average Bonchev–Trinajstić information content (AvgIpc) is 2.41. The molecule has 1 aromatic rings. The van der Waals surface area contributed by atoms with E-state index in [1.807, 2.05) is 25.9 Å². The second-order valence-electron chi connectivity index (χ2n) is 5.36. The number of amides is 1. The number of nitrogens with zero attached hydrogens (tertiary/aromatic N) is 1. The number of carboxylic acids is 1. The van der Waals surface area contributed by atoms with Crippen LogP contribution in [0.15, 0.2) is 18.2 Å². The summed E-state index contributed by atoms with van der Waals surface area (Å²) in [6.45, 7) is 3.05. The minimum Gasteiger partial charge on any atom is -0.480 e. The zero-order chi connectivity index (χ0) is 16.7. The highest BCUT2D eigenvalue weighted by Gasteiger charge is 2.20. The van der Waals surface area contributed by atoms with E-state index in [2.05, 4.69) is 10.6 Å². The number of carbonyl (C=O) groups excluding carboxylic acids is 1. The molecule has 0 aliphatic heterocycles. The fourth-order valence-corrected chi connectivity index (χ4v) is 1.96. The fraction of sp³-hybridized carbons (Fsp3) is 0.467. The Morgan fingerprint density at radius 3 is 2.59 bits per heavy atom. The Balaban J connectivity index is 2.55. The summed E-state index contributed by atoms with van der Waals surface area (Å²) in [5.74, 6) is -1.42. The Labute approximate surface area is 135 Å². The van der Waals surface area contributed by atoms with E-state index in [9.17, 15) is 9.59 Å². The summed E-state index contributed by atoms with van der Waals surface area (Å²) in [6.07, 6.45) is -0.145. The summed E-state index contributed by atoms with van der Waals surface area (Å²) in [4.78, 5) is 25.1. The summed E-state index contributed by atoms with van der Waals surface area (Å²) < 4.78 is 0. The molecule has 1 amide bonds. The van der Waals surface area contributed by atoms with Crippen molar-refractivity contribution in [1.82, 2.24) is 10.2 Å². The molecule has 1 atom stereocenters. The van der Waals surface area contributed by atoms with Crippen LogP contribution in [0, 0.1) is 6.92 Å². The number of aryl methyl sites for hydroxylation is 1. The third-order valence-electron chi connectivity index (χ3n) is 3.09. The number of hydrogen-bond donors (Lipinski definition) is 3. The number of rotatable bonds is 8. The minimum atomic E-state index is -1.05. The molecule has 0 aliphatic carbocycles. The van der Waals surface area contributed by atoms with Crippen LogP contribution < -0.4 is 10.6 Å². The molecule has 0 heterocycles. The van der Waals surface area contributed by atoms with Gasteiger partial charge in [0, 0.05) is 23.8 Å². The number of anilines is 1. The Bertz CT molecular complexity index is 535.